The monoisotopic (exact) mass is 282 g/mol. The third-order valence-corrected chi connectivity index (χ3v) is 3.37. The fourth-order valence-electron chi connectivity index (χ4n) is 1.51. The summed E-state index contributed by atoms with van der Waals surface area (Å²) in [4.78, 5) is 27.5. The van der Waals surface area contributed by atoms with E-state index in [0.717, 1.165) is 4.90 Å². The van der Waals surface area contributed by atoms with Crippen LogP contribution in [0.15, 0.2) is 29.4 Å². The number of nitrogens with zero attached hydrogens (tertiary/aromatic N) is 1. The molecule has 1 atom stereocenters. The molecule has 0 radical (unpaired) electrons. The van der Waals surface area contributed by atoms with E-state index < -0.39 is 12.0 Å². The van der Waals surface area contributed by atoms with Crippen molar-refractivity contribution in [1.82, 2.24) is 10.3 Å². The van der Waals surface area contributed by atoms with Crippen LogP contribution in [0.2, 0.25) is 0 Å². The zero-order valence-electron chi connectivity index (χ0n) is 11.0. The Morgan fingerprint density at radius 3 is 2.53 bits per heavy atom. The summed E-state index contributed by atoms with van der Waals surface area (Å²) in [6.07, 6.45) is 3.74. The van der Waals surface area contributed by atoms with Gasteiger partial charge in [-0.25, -0.2) is 4.79 Å². The predicted molar refractivity (Wildman–Crippen MR) is 74.0 cm³/mol. The third-order valence-electron chi connectivity index (χ3n) is 2.36. The van der Waals surface area contributed by atoms with Crippen LogP contribution in [-0.2, 0) is 9.59 Å². The van der Waals surface area contributed by atoms with Gasteiger partial charge in [-0.2, -0.15) is 0 Å². The zero-order chi connectivity index (χ0) is 14.3. The second-order valence-corrected chi connectivity index (χ2v) is 5.61. The molecule has 1 aromatic heterocycles. The minimum atomic E-state index is -0.990. The number of carboxylic acid groups (broad SMARTS) is 1. The predicted octanol–water partition coefficient (Wildman–Crippen LogP) is 1.79. The molecule has 0 aromatic carbocycles. The second kappa shape index (κ2) is 7.78. The Bertz CT molecular complexity index is 423. The maximum absolute atomic E-state index is 11.7. The van der Waals surface area contributed by atoms with Crippen molar-refractivity contribution in [3.8, 4) is 0 Å². The number of carboxylic acids is 1. The lowest BCUT2D eigenvalue weighted by atomic mass is 10.0. The highest BCUT2D eigenvalue weighted by molar-refractivity contribution is 8.00. The normalized spacial score (nSPS) is 12.2. The number of carbonyl (C=O) groups excluding carboxylic acids is 1. The van der Waals surface area contributed by atoms with Crippen molar-refractivity contribution < 1.29 is 14.7 Å². The Labute approximate surface area is 116 Å². The zero-order valence-corrected chi connectivity index (χ0v) is 11.8. The van der Waals surface area contributed by atoms with E-state index in [1.54, 1.807) is 24.5 Å². The Morgan fingerprint density at radius 2 is 2.00 bits per heavy atom. The number of aromatic nitrogens is 1. The van der Waals surface area contributed by atoms with Crippen LogP contribution in [0.1, 0.15) is 20.3 Å². The first kappa shape index (κ1) is 15.5. The molecule has 0 saturated heterocycles. The average molecular weight is 282 g/mol. The van der Waals surface area contributed by atoms with E-state index in [9.17, 15) is 9.59 Å². The lowest BCUT2D eigenvalue weighted by Gasteiger charge is -2.16. The van der Waals surface area contributed by atoms with Crippen molar-refractivity contribution in [2.45, 2.75) is 31.2 Å². The standard InChI is InChI=1S/C13H18N2O3S/c1-9(2)7-11(13(17)18)15-12(16)8-19-10-3-5-14-6-4-10/h3-6,9,11H,7-8H2,1-2H3,(H,15,16)(H,17,18)/t11-/m0/s1. The van der Waals surface area contributed by atoms with E-state index in [1.165, 1.54) is 11.8 Å². The van der Waals surface area contributed by atoms with Gasteiger partial charge in [-0.05, 0) is 24.5 Å². The molecule has 0 aliphatic carbocycles. The van der Waals surface area contributed by atoms with Gasteiger partial charge in [0, 0.05) is 17.3 Å². The van der Waals surface area contributed by atoms with E-state index in [0.29, 0.717) is 6.42 Å². The molecule has 0 fully saturated rings. The summed E-state index contributed by atoms with van der Waals surface area (Å²) in [6, 6.07) is 2.80. The van der Waals surface area contributed by atoms with Crippen LogP contribution >= 0.6 is 11.8 Å². The number of pyridine rings is 1. The van der Waals surface area contributed by atoms with Crippen molar-refractivity contribution in [3.05, 3.63) is 24.5 Å². The first-order valence-electron chi connectivity index (χ1n) is 6.04. The Balaban J connectivity index is 2.42. The number of amides is 1. The molecule has 0 spiro atoms. The largest absolute Gasteiger partial charge is 0.480 e. The number of carbonyl (C=O) groups is 2. The van der Waals surface area contributed by atoms with E-state index >= 15 is 0 Å². The summed E-state index contributed by atoms with van der Waals surface area (Å²) < 4.78 is 0. The molecule has 2 N–H and O–H groups in total. The van der Waals surface area contributed by atoms with Gasteiger partial charge >= 0.3 is 5.97 Å². The van der Waals surface area contributed by atoms with Gasteiger partial charge in [0.1, 0.15) is 6.04 Å². The van der Waals surface area contributed by atoms with Crippen LogP contribution in [0.25, 0.3) is 0 Å². The number of aliphatic carboxylic acids is 1. The van der Waals surface area contributed by atoms with Crippen LogP contribution in [0.4, 0.5) is 0 Å². The fraction of sp³-hybridized carbons (Fsp3) is 0.462. The maximum atomic E-state index is 11.7. The Morgan fingerprint density at radius 1 is 1.37 bits per heavy atom. The van der Waals surface area contributed by atoms with Gasteiger partial charge in [-0.3, -0.25) is 9.78 Å². The summed E-state index contributed by atoms with van der Waals surface area (Å²) in [5.74, 6) is -0.841. The lowest BCUT2D eigenvalue weighted by molar-refractivity contribution is -0.141. The lowest BCUT2D eigenvalue weighted by Crippen LogP contribution is -2.42. The SMILES string of the molecule is CC(C)C[C@H](NC(=O)CSc1ccncc1)C(=O)O. The molecule has 19 heavy (non-hydrogen) atoms. The van der Waals surface area contributed by atoms with Crippen molar-refractivity contribution in [2.24, 2.45) is 5.92 Å². The molecular weight excluding hydrogens is 264 g/mol. The van der Waals surface area contributed by atoms with Crippen molar-refractivity contribution in [2.75, 3.05) is 5.75 Å². The Hall–Kier alpha value is -1.56. The first-order chi connectivity index (χ1) is 8.99. The summed E-state index contributed by atoms with van der Waals surface area (Å²) >= 11 is 1.36. The molecule has 1 rings (SSSR count). The first-order valence-corrected chi connectivity index (χ1v) is 7.02. The molecule has 0 unspecified atom stereocenters. The number of nitrogens with one attached hydrogen (secondary N) is 1. The summed E-state index contributed by atoms with van der Waals surface area (Å²) in [5.41, 5.74) is 0. The maximum Gasteiger partial charge on any atom is 0.326 e. The molecule has 0 bridgehead atoms. The molecule has 1 amide bonds. The topological polar surface area (TPSA) is 79.3 Å². The molecule has 104 valence electrons. The average Bonchev–Trinajstić information content (AvgIpc) is 2.36. The molecule has 5 nitrogen and oxygen atoms in total. The van der Waals surface area contributed by atoms with E-state index in [-0.39, 0.29) is 17.6 Å². The Kier molecular flexibility index (Phi) is 6.35. The summed E-state index contributed by atoms with van der Waals surface area (Å²) in [7, 11) is 0. The number of hydrogen-bond acceptors (Lipinski definition) is 4. The van der Waals surface area contributed by atoms with Crippen LogP contribution in [0.3, 0.4) is 0 Å². The van der Waals surface area contributed by atoms with E-state index in [1.807, 2.05) is 13.8 Å². The highest BCUT2D eigenvalue weighted by atomic mass is 32.2. The number of thioether (sulfide) groups is 1. The quantitative estimate of drug-likeness (QED) is 0.745. The molecule has 0 aliphatic heterocycles. The highest BCUT2D eigenvalue weighted by Gasteiger charge is 2.20. The van der Waals surface area contributed by atoms with Gasteiger partial charge in [-0.1, -0.05) is 13.8 Å². The molecule has 1 aromatic rings. The third kappa shape index (κ3) is 6.24. The van der Waals surface area contributed by atoms with Crippen LogP contribution in [-0.4, -0.2) is 33.8 Å². The van der Waals surface area contributed by atoms with Crippen molar-refractivity contribution >= 4 is 23.6 Å². The second-order valence-electron chi connectivity index (χ2n) is 4.56. The molecule has 0 aliphatic rings. The minimum absolute atomic E-state index is 0.200. The van der Waals surface area contributed by atoms with Crippen molar-refractivity contribution in [3.63, 3.8) is 0 Å². The molecule has 0 saturated carbocycles. The van der Waals surface area contributed by atoms with Crippen LogP contribution < -0.4 is 5.32 Å². The van der Waals surface area contributed by atoms with Gasteiger partial charge in [0.2, 0.25) is 5.91 Å². The minimum Gasteiger partial charge on any atom is -0.480 e. The number of hydrogen-bond donors (Lipinski definition) is 2. The van der Waals surface area contributed by atoms with Gasteiger partial charge < -0.3 is 10.4 Å². The fourth-order valence-corrected chi connectivity index (χ4v) is 2.21. The van der Waals surface area contributed by atoms with Gasteiger partial charge in [0.15, 0.2) is 0 Å². The van der Waals surface area contributed by atoms with E-state index in [4.69, 9.17) is 5.11 Å². The number of rotatable bonds is 7. The smallest absolute Gasteiger partial charge is 0.326 e. The van der Waals surface area contributed by atoms with Crippen LogP contribution in [0, 0.1) is 5.92 Å². The van der Waals surface area contributed by atoms with Gasteiger partial charge in [0.05, 0.1) is 5.75 Å². The highest BCUT2D eigenvalue weighted by Crippen LogP contribution is 2.15. The van der Waals surface area contributed by atoms with E-state index in [2.05, 4.69) is 10.3 Å². The molecule has 6 heteroatoms. The van der Waals surface area contributed by atoms with Crippen LogP contribution in [0.5, 0.6) is 0 Å². The summed E-state index contributed by atoms with van der Waals surface area (Å²) in [6.45, 7) is 3.85. The van der Waals surface area contributed by atoms with Gasteiger partial charge in [0.25, 0.3) is 0 Å². The molecule has 1 heterocycles. The van der Waals surface area contributed by atoms with Crippen molar-refractivity contribution in [1.29, 1.82) is 0 Å². The van der Waals surface area contributed by atoms with Gasteiger partial charge in [-0.15, -0.1) is 11.8 Å². The summed E-state index contributed by atoms with van der Waals surface area (Å²) in [5, 5.41) is 11.6. The molecular formula is C13H18N2O3S.